The molecule has 4 bridgehead atoms. The summed E-state index contributed by atoms with van der Waals surface area (Å²) in [4.78, 5) is 12.2. The Hall–Kier alpha value is -1.35. The first-order valence-corrected chi connectivity index (χ1v) is 8.53. The molecule has 3 unspecified atom stereocenters. The fraction of sp³-hybridized carbons (Fsp3) is 0.632. The zero-order chi connectivity index (χ0) is 15.2. The van der Waals surface area contributed by atoms with Gasteiger partial charge in [-0.15, -0.1) is 0 Å². The number of aliphatic hydroxyl groups is 1. The number of hydrogen-bond acceptors (Lipinski definition) is 3. The van der Waals surface area contributed by atoms with Gasteiger partial charge < -0.3 is 9.84 Å². The molecule has 3 nitrogen and oxygen atoms in total. The van der Waals surface area contributed by atoms with Gasteiger partial charge in [-0.25, -0.2) is 0 Å². The van der Waals surface area contributed by atoms with Gasteiger partial charge in [-0.2, -0.15) is 0 Å². The third kappa shape index (κ3) is 2.67. The molecule has 4 aliphatic carbocycles. The highest BCUT2D eigenvalue weighted by Crippen LogP contribution is 2.59. The van der Waals surface area contributed by atoms with E-state index in [-0.39, 0.29) is 5.97 Å². The van der Waals surface area contributed by atoms with Crippen LogP contribution >= 0.6 is 0 Å². The van der Waals surface area contributed by atoms with E-state index in [1.165, 1.54) is 12.8 Å². The fourth-order valence-electron chi connectivity index (χ4n) is 5.41. The number of hydrogen-bond donors (Lipinski definition) is 1. The highest BCUT2D eigenvalue weighted by atomic mass is 16.5. The second-order valence-electron chi connectivity index (χ2n) is 7.71. The Morgan fingerprint density at radius 2 is 1.82 bits per heavy atom. The molecule has 0 radical (unpaired) electrons. The second kappa shape index (κ2) is 5.38. The van der Waals surface area contributed by atoms with E-state index in [4.69, 9.17) is 4.74 Å². The van der Waals surface area contributed by atoms with E-state index >= 15 is 0 Å². The lowest BCUT2D eigenvalue weighted by molar-refractivity contribution is -0.167. The Bertz CT molecular complexity index is 537. The van der Waals surface area contributed by atoms with Gasteiger partial charge >= 0.3 is 5.97 Å². The Morgan fingerprint density at radius 1 is 1.14 bits per heavy atom. The van der Waals surface area contributed by atoms with Crippen LogP contribution in [0.2, 0.25) is 0 Å². The molecule has 0 spiro atoms. The minimum absolute atomic E-state index is 0.0756. The molecule has 1 N–H and O–H groups in total. The summed E-state index contributed by atoms with van der Waals surface area (Å²) in [6.45, 7) is 0.369. The normalized spacial score (nSPS) is 39.0. The third-order valence-electron chi connectivity index (χ3n) is 6.08. The van der Waals surface area contributed by atoms with E-state index in [1.807, 2.05) is 30.3 Å². The number of esters is 1. The summed E-state index contributed by atoms with van der Waals surface area (Å²) in [5.41, 5.74) is 0.622. The van der Waals surface area contributed by atoms with Crippen LogP contribution in [0.3, 0.4) is 0 Å². The van der Waals surface area contributed by atoms with E-state index in [0.717, 1.165) is 24.8 Å². The molecule has 4 aliphatic rings. The van der Waals surface area contributed by atoms with Crippen molar-refractivity contribution < 1.29 is 14.6 Å². The molecule has 4 saturated carbocycles. The highest BCUT2D eigenvalue weighted by Gasteiger charge is 2.54. The fourth-order valence-corrected chi connectivity index (χ4v) is 5.41. The summed E-state index contributed by atoms with van der Waals surface area (Å²) in [5, 5.41) is 10.6. The van der Waals surface area contributed by atoms with Gasteiger partial charge in [0.15, 0.2) is 0 Å². The van der Waals surface area contributed by atoms with Crippen LogP contribution in [0.15, 0.2) is 30.3 Å². The molecule has 3 heteroatoms. The van der Waals surface area contributed by atoms with Gasteiger partial charge in [0.1, 0.15) is 6.61 Å². The maximum atomic E-state index is 12.2. The second-order valence-corrected chi connectivity index (χ2v) is 7.71. The van der Waals surface area contributed by atoms with Gasteiger partial charge in [-0.05, 0) is 61.3 Å². The molecule has 0 aliphatic heterocycles. The molecule has 0 aromatic heterocycles. The minimum atomic E-state index is -0.416. The molecule has 1 aromatic rings. The quantitative estimate of drug-likeness (QED) is 0.868. The number of carbonyl (C=O) groups excluding carboxylic acids is 1. The molecular formula is C19H24O3. The summed E-state index contributed by atoms with van der Waals surface area (Å²) in [7, 11) is 0. The molecular weight excluding hydrogens is 276 g/mol. The van der Waals surface area contributed by atoms with Crippen molar-refractivity contribution >= 4 is 5.97 Å². The van der Waals surface area contributed by atoms with Gasteiger partial charge in [0, 0.05) is 6.42 Å². The lowest BCUT2D eigenvalue weighted by Crippen LogP contribution is -2.54. The van der Waals surface area contributed by atoms with E-state index in [0.29, 0.717) is 36.7 Å². The SMILES string of the molecule is O=C(CC1[C@@H]2CC3C[C@H]1CC(O)(C3)C2)OCc1ccccc1. The van der Waals surface area contributed by atoms with Crippen molar-refractivity contribution in [2.75, 3.05) is 0 Å². The van der Waals surface area contributed by atoms with Gasteiger partial charge in [0.05, 0.1) is 5.60 Å². The average Bonchev–Trinajstić information content (AvgIpc) is 2.48. The lowest BCUT2D eigenvalue weighted by atomic mass is 9.49. The number of carbonyl (C=O) groups is 1. The first-order valence-electron chi connectivity index (χ1n) is 8.53. The molecule has 22 heavy (non-hydrogen) atoms. The molecule has 0 saturated heterocycles. The molecule has 5 rings (SSSR count). The monoisotopic (exact) mass is 300 g/mol. The molecule has 4 fully saturated rings. The van der Waals surface area contributed by atoms with Crippen molar-refractivity contribution in [3.63, 3.8) is 0 Å². The largest absolute Gasteiger partial charge is 0.461 e. The predicted molar refractivity (Wildman–Crippen MR) is 82.8 cm³/mol. The van der Waals surface area contributed by atoms with Gasteiger partial charge in [-0.1, -0.05) is 30.3 Å². The molecule has 0 amide bonds. The first kappa shape index (κ1) is 14.3. The predicted octanol–water partition coefficient (Wildman–Crippen LogP) is 3.31. The van der Waals surface area contributed by atoms with Crippen molar-refractivity contribution in [3.05, 3.63) is 35.9 Å². The van der Waals surface area contributed by atoms with Crippen LogP contribution in [0.1, 0.15) is 44.1 Å². The smallest absolute Gasteiger partial charge is 0.306 e. The third-order valence-corrected chi connectivity index (χ3v) is 6.08. The summed E-state index contributed by atoms with van der Waals surface area (Å²) >= 11 is 0. The van der Waals surface area contributed by atoms with Crippen LogP contribution in [0.25, 0.3) is 0 Å². The Balaban J connectivity index is 1.35. The lowest BCUT2D eigenvalue weighted by Gasteiger charge is -2.58. The van der Waals surface area contributed by atoms with Crippen LogP contribution in [-0.2, 0) is 16.1 Å². The zero-order valence-corrected chi connectivity index (χ0v) is 12.9. The Labute approximate surface area is 131 Å². The zero-order valence-electron chi connectivity index (χ0n) is 12.9. The summed E-state index contributed by atoms with van der Waals surface area (Å²) in [6.07, 6.45) is 5.73. The Morgan fingerprint density at radius 3 is 2.45 bits per heavy atom. The van der Waals surface area contributed by atoms with Crippen molar-refractivity contribution in [1.29, 1.82) is 0 Å². The Kier molecular flexibility index (Phi) is 3.48. The number of benzene rings is 1. The standard InChI is InChI=1S/C19H24O3/c20-18(22-12-13-4-2-1-3-5-13)8-17-15-6-14-7-16(17)11-19(21,9-14)10-15/h1-5,14-17,21H,6-12H2/t14?,15-,16+,17?,19?. The summed E-state index contributed by atoms with van der Waals surface area (Å²) in [5.74, 6) is 2.11. The maximum Gasteiger partial charge on any atom is 0.306 e. The van der Waals surface area contributed by atoms with Gasteiger partial charge in [0.2, 0.25) is 0 Å². The number of rotatable bonds is 4. The highest BCUT2D eigenvalue weighted by molar-refractivity contribution is 5.69. The topological polar surface area (TPSA) is 46.5 Å². The first-order chi connectivity index (χ1) is 10.6. The van der Waals surface area contributed by atoms with Crippen LogP contribution in [0.4, 0.5) is 0 Å². The molecule has 5 atom stereocenters. The average molecular weight is 300 g/mol. The summed E-state index contributed by atoms with van der Waals surface area (Å²) < 4.78 is 5.46. The number of ether oxygens (including phenoxy) is 1. The van der Waals surface area contributed by atoms with Crippen LogP contribution in [0.5, 0.6) is 0 Å². The minimum Gasteiger partial charge on any atom is -0.461 e. The summed E-state index contributed by atoms with van der Waals surface area (Å²) in [6, 6.07) is 9.84. The molecule has 0 heterocycles. The van der Waals surface area contributed by atoms with Crippen LogP contribution < -0.4 is 0 Å². The van der Waals surface area contributed by atoms with E-state index in [1.54, 1.807) is 0 Å². The molecule has 118 valence electrons. The van der Waals surface area contributed by atoms with E-state index in [2.05, 4.69) is 0 Å². The molecule has 1 aromatic carbocycles. The van der Waals surface area contributed by atoms with E-state index < -0.39 is 5.60 Å². The van der Waals surface area contributed by atoms with E-state index in [9.17, 15) is 9.90 Å². The van der Waals surface area contributed by atoms with Crippen molar-refractivity contribution in [1.82, 2.24) is 0 Å². The van der Waals surface area contributed by atoms with Crippen LogP contribution in [0, 0.1) is 23.7 Å². The maximum absolute atomic E-state index is 12.2. The van der Waals surface area contributed by atoms with Crippen molar-refractivity contribution in [2.24, 2.45) is 23.7 Å². The van der Waals surface area contributed by atoms with Gasteiger partial charge in [0.25, 0.3) is 0 Å². The van der Waals surface area contributed by atoms with Crippen LogP contribution in [-0.4, -0.2) is 16.7 Å². The van der Waals surface area contributed by atoms with Gasteiger partial charge in [-0.3, -0.25) is 4.79 Å². The van der Waals surface area contributed by atoms with Crippen molar-refractivity contribution in [3.8, 4) is 0 Å². The van der Waals surface area contributed by atoms with Crippen molar-refractivity contribution in [2.45, 2.75) is 50.7 Å².